The van der Waals surface area contributed by atoms with Crippen LogP contribution in [0.2, 0.25) is 0 Å². The molecule has 0 aromatic heterocycles. The first kappa shape index (κ1) is 18.9. The second-order valence-electron chi connectivity index (χ2n) is 9.11. The average molecular weight is 376 g/mol. The van der Waals surface area contributed by atoms with E-state index in [-0.39, 0.29) is 35.2 Å². The lowest BCUT2D eigenvalue weighted by atomic mass is 9.55. The highest BCUT2D eigenvalue weighted by atomic mass is 16.6. The molecule has 6 atom stereocenters. The van der Waals surface area contributed by atoms with E-state index in [4.69, 9.17) is 4.74 Å². The third-order valence-electron chi connectivity index (χ3n) is 7.84. The number of hydrogen-bond donors (Lipinski definition) is 1. The van der Waals surface area contributed by atoms with Gasteiger partial charge in [0.1, 0.15) is 6.10 Å². The summed E-state index contributed by atoms with van der Waals surface area (Å²) in [6.45, 7) is 9.58. The fraction of sp³-hybridized carbons (Fsp3) is 0.810. The lowest BCUT2D eigenvalue weighted by Crippen LogP contribution is -2.55. The van der Waals surface area contributed by atoms with E-state index in [0.717, 1.165) is 32.4 Å². The lowest BCUT2D eigenvalue weighted by Gasteiger charge is -2.52. The van der Waals surface area contributed by atoms with E-state index in [1.807, 2.05) is 4.90 Å². The molecule has 6 nitrogen and oxygen atoms in total. The number of nitrogens with zero attached hydrogens (tertiary/aromatic N) is 2. The molecule has 6 unspecified atom stereocenters. The first-order valence-electron chi connectivity index (χ1n) is 10.4. The second kappa shape index (κ2) is 6.89. The van der Waals surface area contributed by atoms with Crippen LogP contribution in [0.3, 0.4) is 0 Å². The maximum Gasteiger partial charge on any atom is 0.311 e. The molecule has 0 spiro atoms. The molecule has 1 saturated carbocycles. The number of piperazine rings is 1. The van der Waals surface area contributed by atoms with Gasteiger partial charge in [0.2, 0.25) is 5.91 Å². The zero-order valence-electron chi connectivity index (χ0n) is 16.7. The van der Waals surface area contributed by atoms with Crippen molar-refractivity contribution in [1.29, 1.82) is 0 Å². The van der Waals surface area contributed by atoms with Crippen LogP contribution in [0.4, 0.5) is 0 Å². The monoisotopic (exact) mass is 376 g/mol. The SMILES string of the molecule is CC(=O)N1CCN(CC2C(=O)OC3CC4=CCCC(C)C4(C)C(O)C32)CC1. The maximum absolute atomic E-state index is 12.7. The molecule has 0 radical (unpaired) electrons. The van der Waals surface area contributed by atoms with Gasteiger partial charge >= 0.3 is 5.97 Å². The van der Waals surface area contributed by atoms with Crippen molar-refractivity contribution < 1.29 is 19.4 Å². The second-order valence-corrected chi connectivity index (χ2v) is 9.11. The van der Waals surface area contributed by atoms with Gasteiger partial charge in [-0.05, 0) is 18.8 Å². The molecule has 1 amide bonds. The Balaban J connectivity index is 1.50. The van der Waals surface area contributed by atoms with Gasteiger partial charge in [0.15, 0.2) is 0 Å². The zero-order chi connectivity index (χ0) is 19.3. The summed E-state index contributed by atoms with van der Waals surface area (Å²) in [7, 11) is 0. The van der Waals surface area contributed by atoms with Crippen LogP contribution in [-0.2, 0) is 14.3 Å². The standard InChI is InChI=1S/C21H32N2O4/c1-13-5-4-6-15-11-17-18(19(25)21(13,15)3)16(20(26)27-17)12-22-7-9-23(10-8-22)14(2)24/h6,13,16-19,25H,4-5,7-12H2,1-3H3. The number of carbonyl (C=O) groups excluding carboxylic acids is 2. The molecule has 2 aliphatic carbocycles. The molecule has 1 N–H and O–H groups in total. The van der Waals surface area contributed by atoms with Crippen molar-refractivity contribution in [2.24, 2.45) is 23.2 Å². The molecule has 6 heteroatoms. The van der Waals surface area contributed by atoms with Crippen molar-refractivity contribution in [1.82, 2.24) is 9.80 Å². The number of aliphatic hydroxyl groups is 1. The van der Waals surface area contributed by atoms with Gasteiger partial charge in [-0.3, -0.25) is 14.5 Å². The van der Waals surface area contributed by atoms with E-state index in [1.165, 1.54) is 5.57 Å². The Morgan fingerprint density at radius 1 is 1.33 bits per heavy atom. The van der Waals surface area contributed by atoms with Crippen LogP contribution < -0.4 is 0 Å². The zero-order valence-corrected chi connectivity index (χ0v) is 16.7. The molecule has 0 aromatic rings. The Hall–Kier alpha value is -1.40. The molecule has 0 aromatic carbocycles. The molecule has 150 valence electrons. The van der Waals surface area contributed by atoms with E-state index in [2.05, 4.69) is 24.8 Å². The number of amides is 1. The molecule has 2 aliphatic heterocycles. The van der Waals surface area contributed by atoms with E-state index >= 15 is 0 Å². The van der Waals surface area contributed by atoms with Gasteiger partial charge in [-0.15, -0.1) is 0 Å². The van der Waals surface area contributed by atoms with Crippen molar-refractivity contribution in [3.63, 3.8) is 0 Å². The molecular formula is C21H32N2O4. The van der Waals surface area contributed by atoms with Crippen LogP contribution in [0.15, 0.2) is 11.6 Å². The molecule has 2 heterocycles. The Labute approximate surface area is 161 Å². The molecule has 0 bridgehead atoms. The van der Waals surface area contributed by atoms with Crippen LogP contribution >= 0.6 is 0 Å². The van der Waals surface area contributed by atoms with E-state index in [9.17, 15) is 14.7 Å². The predicted octanol–water partition coefficient (Wildman–Crippen LogP) is 1.44. The fourth-order valence-corrected chi connectivity index (χ4v) is 5.80. The third-order valence-corrected chi connectivity index (χ3v) is 7.84. The van der Waals surface area contributed by atoms with Gasteiger partial charge in [0.25, 0.3) is 0 Å². The molecule has 27 heavy (non-hydrogen) atoms. The Bertz CT molecular complexity index is 655. The number of hydrogen-bond acceptors (Lipinski definition) is 5. The summed E-state index contributed by atoms with van der Waals surface area (Å²) in [4.78, 5) is 28.3. The number of aliphatic hydroxyl groups excluding tert-OH is 1. The number of allylic oxidation sites excluding steroid dienone is 1. The van der Waals surface area contributed by atoms with Gasteiger partial charge in [-0.2, -0.15) is 0 Å². The number of rotatable bonds is 2. The minimum Gasteiger partial charge on any atom is -0.461 e. The largest absolute Gasteiger partial charge is 0.461 e. The van der Waals surface area contributed by atoms with Crippen molar-refractivity contribution in [3.8, 4) is 0 Å². The average Bonchev–Trinajstić information content (AvgIpc) is 2.94. The van der Waals surface area contributed by atoms with Gasteiger partial charge in [0.05, 0.1) is 12.0 Å². The summed E-state index contributed by atoms with van der Waals surface area (Å²) < 4.78 is 5.75. The number of carbonyl (C=O) groups is 2. The number of esters is 1. The third kappa shape index (κ3) is 3.01. The summed E-state index contributed by atoms with van der Waals surface area (Å²) in [6.07, 6.45) is 4.42. The van der Waals surface area contributed by atoms with Crippen LogP contribution in [0.25, 0.3) is 0 Å². The Morgan fingerprint density at radius 2 is 2.04 bits per heavy atom. The van der Waals surface area contributed by atoms with Crippen LogP contribution in [0.1, 0.15) is 40.0 Å². The minimum absolute atomic E-state index is 0.108. The van der Waals surface area contributed by atoms with Crippen molar-refractivity contribution in [2.75, 3.05) is 32.7 Å². The minimum atomic E-state index is -0.548. The van der Waals surface area contributed by atoms with Crippen LogP contribution in [0, 0.1) is 23.2 Å². The van der Waals surface area contributed by atoms with Gasteiger partial charge < -0.3 is 14.7 Å². The molecule has 3 fully saturated rings. The normalized spacial score (nSPS) is 42.2. The first-order valence-corrected chi connectivity index (χ1v) is 10.4. The highest BCUT2D eigenvalue weighted by Gasteiger charge is 2.59. The van der Waals surface area contributed by atoms with E-state index < -0.39 is 6.10 Å². The summed E-state index contributed by atoms with van der Waals surface area (Å²) in [5, 5.41) is 11.4. The predicted molar refractivity (Wildman–Crippen MR) is 101 cm³/mol. The Morgan fingerprint density at radius 3 is 2.70 bits per heavy atom. The first-order chi connectivity index (χ1) is 12.8. The molecular weight excluding hydrogens is 344 g/mol. The van der Waals surface area contributed by atoms with Crippen LogP contribution in [-0.4, -0.2) is 71.7 Å². The summed E-state index contributed by atoms with van der Waals surface area (Å²) in [5.74, 6) is -0.0545. The van der Waals surface area contributed by atoms with Crippen molar-refractivity contribution >= 4 is 11.9 Å². The topological polar surface area (TPSA) is 70.1 Å². The summed E-state index contributed by atoms with van der Waals surface area (Å²) >= 11 is 0. The van der Waals surface area contributed by atoms with Crippen molar-refractivity contribution in [3.05, 3.63) is 11.6 Å². The maximum atomic E-state index is 12.7. The Kier molecular flexibility index (Phi) is 4.83. The highest BCUT2D eigenvalue weighted by molar-refractivity contribution is 5.76. The number of fused-ring (bicyclic) bond motifs is 2. The van der Waals surface area contributed by atoms with Crippen molar-refractivity contribution in [2.45, 2.75) is 52.2 Å². The highest BCUT2D eigenvalue weighted by Crippen LogP contribution is 2.56. The van der Waals surface area contributed by atoms with Gasteiger partial charge in [-0.25, -0.2) is 0 Å². The molecule has 4 aliphatic rings. The fourth-order valence-electron chi connectivity index (χ4n) is 5.80. The quantitative estimate of drug-likeness (QED) is 0.583. The number of ether oxygens (including phenoxy) is 1. The molecule has 2 saturated heterocycles. The summed E-state index contributed by atoms with van der Waals surface area (Å²) in [5.41, 5.74) is 1.03. The van der Waals surface area contributed by atoms with Gasteiger partial charge in [0, 0.05) is 57.4 Å². The van der Waals surface area contributed by atoms with E-state index in [0.29, 0.717) is 25.6 Å². The lowest BCUT2D eigenvalue weighted by molar-refractivity contribution is -0.145. The smallest absolute Gasteiger partial charge is 0.311 e. The van der Waals surface area contributed by atoms with Gasteiger partial charge in [-0.1, -0.05) is 25.5 Å². The van der Waals surface area contributed by atoms with Crippen LogP contribution in [0.5, 0.6) is 0 Å². The molecule has 4 rings (SSSR count). The summed E-state index contributed by atoms with van der Waals surface area (Å²) in [6, 6.07) is 0. The van der Waals surface area contributed by atoms with E-state index in [1.54, 1.807) is 6.92 Å².